The molecule has 1 aliphatic rings. The number of carbonyl (C=O) groups excluding carboxylic acids is 1. The van der Waals surface area contributed by atoms with Crippen LogP contribution in [-0.2, 0) is 14.6 Å². The van der Waals surface area contributed by atoms with Gasteiger partial charge in [-0.3, -0.25) is 4.79 Å². The van der Waals surface area contributed by atoms with E-state index in [0.717, 1.165) is 5.56 Å². The lowest BCUT2D eigenvalue weighted by atomic mass is 10.2. The molecule has 0 spiro atoms. The van der Waals surface area contributed by atoms with Crippen molar-refractivity contribution in [3.63, 3.8) is 0 Å². The van der Waals surface area contributed by atoms with E-state index in [0.29, 0.717) is 11.3 Å². The third-order valence-electron chi connectivity index (χ3n) is 3.00. The van der Waals surface area contributed by atoms with E-state index < -0.39 is 15.1 Å². The van der Waals surface area contributed by atoms with Gasteiger partial charge in [0.25, 0.3) is 0 Å². The minimum atomic E-state index is -3.30. The fraction of sp³-hybridized carbons (Fsp3) is 0.417. The van der Waals surface area contributed by atoms with E-state index in [1.54, 1.807) is 24.3 Å². The maximum atomic E-state index is 12.1. The second-order valence-electron chi connectivity index (χ2n) is 4.35. The summed E-state index contributed by atoms with van der Waals surface area (Å²) in [4.78, 5) is 11.4. The first-order valence-electron chi connectivity index (χ1n) is 5.24. The third kappa shape index (κ3) is 1.89. The summed E-state index contributed by atoms with van der Waals surface area (Å²) in [6, 6.07) is 6.77. The Morgan fingerprint density at radius 3 is 2.25 bits per heavy atom. The molecule has 0 aliphatic heterocycles. The topological polar surface area (TPSA) is 51.2 Å². The molecule has 3 nitrogen and oxygen atoms in total. The molecule has 1 saturated carbocycles. The van der Waals surface area contributed by atoms with Crippen molar-refractivity contribution < 1.29 is 13.2 Å². The Bertz CT molecular complexity index is 514. The second-order valence-corrected chi connectivity index (χ2v) is 6.52. The van der Waals surface area contributed by atoms with Crippen LogP contribution in [0, 0.1) is 12.8 Å². The van der Waals surface area contributed by atoms with Crippen LogP contribution in [0.1, 0.15) is 18.9 Å². The van der Waals surface area contributed by atoms with Crippen molar-refractivity contribution >= 4 is 15.6 Å². The summed E-state index contributed by atoms with van der Waals surface area (Å²) in [5, 5.41) is -0.493. The molecule has 1 fully saturated rings. The molecule has 0 aromatic heterocycles. The van der Waals surface area contributed by atoms with Crippen molar-refractivity contribution in [2.75, 3.05) is 0 Å². The average molecular weight is 238 g/mol. The zero-order valence-electron chi connectivity index (χ0n) is 9.30. The Hall–Kier alpha value is -1.16. The summed E-state index contributed by atoms with van der Waals surface area (Å²) in [6.45, 7) is 3.36. The number of hydrogen-bond donors (Lipinski definition) is 0. The van der Waals surface area contributed by atoms with Crippen LogP contribution in [0.25, 0.3) is 0 Å². The van der Waals surface area contributed by atoms with Gasteiger partial charge in [0.1, 0.15) is 5.78 Å². The lowest BCUT2D eigenvalue weighted by Crippen LogP contribution is -2.12. The minimum Gasteiger partial charge on any atom is -0.300 e. The van der Waals surface area contributed by atoms with E-state index in [4.69, 9.17) is 0 Å². The highest BCUT2D eigenvalue weighted by atomic mass is 32.2. The molecule has 4 heteroatoms. The van der Waals surface area contributed by atoms with Crippen LogP contribution in [0.3, 0.4) is 0 Å². The van der Waals surface area contributed by atoms with E-state index in [9.17, 15) is 13.2 Å². The first-order chi connectivity index (χ1) is 7.43. The molecule has 1 aromatic carbocycles. The summed E-state index contributed by atoms with van der Waals surface area (Å²) in [5.74, 6) is -0.313. The molecule has 0 N–H and O–H groups in total. The molecule has 0 saturated heterocycles. The highest BCUT2D eigenvalue weighted by Crippen LogP contribution is 2.40. The van der Waals surface area contributed by atoms with Gasteiger partial charge >= 0.3 is 0 Å². The van der Waals surface area contributed by atoms with Gasteiger partial charge in [-0.1, -0.05) is 17.7 Å². The van der Waals surface area contributed by atoms with Crippen molar-refractivity contribution in [2.24, 2.45) is 5.92 Å². The standard InChI is InChI=1S/C12H14O3S/c1-8-3-5-10(6-4-8)16(14,15)12-7-11(12)9(2)13/h3-6,11-12H,7H2,1-2H3/t11-,12+/m0/s1. The van der Waals surface area contributed by atoms with Gasteiger partial charge in [0.15, 0.2) is 9.84 Å². The second kappa shape index (κ2) is 3.70. The summed E-state index contributed by atoms with van der Waals surface area (Å²) in [7, 11) is -3.30. The van der Waals surface area contributed by atoms with Crippen molar-refractivity contribution in [1.82, 2.24) is 0 Å². The molecule has 0 heterocycles. The first-order valence-corrected chi connectivity index (χ1v) is 6.78. The van der Waals surface area contributed by atoms with E-state index in [1.165, 1.54) is 6.92 Å². The largest absolute Gasteiger partial charge is 0.300 e. The number of rotatable bonds is 3. The molecule has 0 unspecified atom stereocenters. The van der Waals surface area contributed by atoms with Gasteiger partial charge < -0.3 is 0 Å². The van der Waals surface area contributed by atoms with Crippen LogP contribution in [0.4, 0.5) is 0 Å². The Balaban J connectivity index is 2.28. The Morgan fingerprint density at radius 1 is 1.25 bits per heavy atom. The fourth-order valence-electron chi connectivity index (χ4n) is 1.85. The van der Waals surface area contributed by atoms with Crippen LogP contribution < -0.4 is 0 Å². The molecular weight excluding hydrogens is 224 g/mol. The van der Waals surface area contributed by atoms with Crippen molar-refractivity contribution in [2.45, 2.75) is 30.4 Å². The predicted octanol–water partition coefficient (Wildman–Crippen LogP) is 1.75. The van der Waals surface area contributed by atoms with Crippen molar-refractivity contribution in [1.29, 1.82) is 0 Å². The molecule has 0 radical (unpaired) electrons. The Labute approximate surface area is 95.4 Å². The molecule has 2 rings (SSSR count). The zero-order valence-corrected chi connectivity index (χ0v) is 10.1. The number of benzene rings is 1. The predicted molar refractivity (Wildman–Crippen MR) is 60.9 cm³/mol. The van der Waals surface area contributed by atoms with Gasteiger partial charge in [-0.2, -0.15) is 0 Å². The van der Waals surface area contributed by atoms with E-state index >= 15 is 0 Å². The molecule has 1 aromatic rings. The number of ketones is 1. The molecular formula is C12H14O3S. The first kappa shape index (κ1) is 11.3. The van der Waals surface area contributed by atoms with Crippen LogP contribution in [0.2, 0.25) is 0 Å². The van der Waals surface area contributed by atoms with Gasteiger partial charge in [0.2, 0.25) is 0 Å². The summed E-state index contributed by atoms with van der Waals surface area (Å²) >= 11 is 0. The molecule has 16 heavy (non-hydrogen) atoms. The fourth-order valence-corrected chi connectivity index (χ4v) is 3.80. The monoisotopic (exact) mass is 238 g/mol. The molecule has 2 atom stereocenters. The quantitative estimate of drug-likeness (QED) is 0.806. The summed E-state index contributed by atoms with van der Waals surface area (Å²) < 4.78 is 24.1. The molecule has 0 amide bonds. The van der Waals surface area contributed by atoms with Gasteiger partial charge in [0.05, 0.1) is 10.1 Å². The number of sulfone groups is 1. The van der Waals surface area contributed by atoms with Crippen LogP contribution >= 0.6 is 0 Å². The highest BCUT2D eigenvalue weighted by molar-refractivity contribution is 7.92. The van der Waals surface area contributed by atoms with E-state index in [2.05, 4.69) is 0 Å². The van der Waals surface area contributed by atoms with Crippen LogP contribution in [-0.4, -0.2) is 19.5 Å². The Morgan fingerprint density at radius 2 is 1.81 bits per heavy atom. The summed E-state index contributed by atoms with van der Waals surface area (Å²) in [5.41, 5.74) is 1.03. The smallest absolute Gasteiger partial charge is 0.181 e. The molecule has 86 valence electrons. The van der Waals surface area contributed by atoms with Crippen molar-refractivity contribution in [3.05, 3.63) is 29.8 Å². The number of hydrogen-bond acceptors (Lipinski definition) is 3. The van der Waals surface area contributed by atoms with Gasteiger partial charge in [-0.15, -0.1) is 0 Å². The third-order valence-corrected chi connectivity index (χ3v) is 5.25. The lowest BCUT2D eigenvalue weighted by Gasteiger charge is -2.03. The van der Waals surface area contributed by atoms with Crippen molar-refractivity contribution in [3.8, 4) is 0 Å². The van der Waals surface area contributed by atoms with Gasteiger partial charge in [-0.05, 0) is 32.4 Å². The Kier molecular flexibility index (Phi) is 2.62. The average Bonchev–Trinajstić information content (AvgIpc) is 2.98. The number of aryl methyl sites for hydroxylation is 1. The zero-order chi connectivity index (χ0) is 11.9. The highest BCUT2D eigenvalue weighted by Gasteiger charge is 2.50. The molecule has 0 bridgehead atoms. The number of carbonyl (C=O) groups is 1. The maximum Gasteiger partial charge on any atom is 0.181 e. The van der Waals surface area contributed by atoms with Crippen LogP contribution in [0.5, 0.6) is 0 Å². The van der Waals surface area contributed by atoms with Crippen LogP contribution in [0.15, 0.2) is 29.2 Å². The number of Topliss-reactive ketones (excluding diaryl/α,β-unsaturated/α-hetero) is 1. The van der Waals surface area contributed by atoms with E-state index in [-0.39, 0.29) is 11.7 Å². The van der Waals surface area contributed by atoms with E-state index in [1.807, 2.05) is 6.92 Å². The van der Waals surface area contributed by atoms with Gasteiger partial charge in [-0.25, -0.2) is 8.42 Å². The lowest BCUT2D eigenvalue weighted by molar-refractivity contribution is -0.118. The minimum absolute atomic E-state index is 0.0271. The summed E-state index contributed by atoms with van der Waals surface area (Å²) in [6.07, 6.45) is 0.478. The normalized spacial score (nSPS) is 24.1. The maximum absolute atomic E-state index is 12.1. The van der Waals surface area contributed by atoms with Gasteiger partial charge in [0, 0.05) is 5.92 Å². The molecule has 1 aliphatic carbocycles. The SMILES string of the molecule is CC(=O)[C@@H]1C[C@H]1S(=O)(=O)c1ccc(C)cc1.